The van der Waals surface area contributed by atoms with Gasteiger partial charge in [-0.1, -0.05) is 6.92 Å². The molecule has 2 bridgehead atoms. The fourth-order valence-electron chi connectivity index (χ4n) is 2.63. The van der Waals surface area contributed by atoms with Crippen molar-refractivity contribution in [2.45, 2.75) is 13.3 Å². The van der Waals surface area contributed by atoms with Crippen LogP contribution in [0.4, 0.5) is 0 Å². The molecule has 0 N–H and O–H groups in total. The molecule has 2 unspecified atom stereocenters. The maximum Gasteiger partial charge on any atom is 0.0589 e. The first-order chi connectivity index (χ1) is 5.81. The fourth-order valence-corrected chi connectivity index (χ4v) is 2.63. The van der Waals surface area contributed by atoms with Crippen molar-refractivity contribution in [1.29, 1.82) is 0 Å². The summed E-state index contributed by atoms with van der Waals surface area (Å²) in [7, 11) is 1.79. The SMILES string of the molecule is COCCN1CC2CC(C1)C2C. The van der Waals surface area contributed by atoms with E-state index >= 15 is 0 Å². The molecule has 0 aromatic carbocycles. The zero-order valence-corrected chi connectivity index (χ0v) is 8.12. The highest BCUT2D eigenvalue weighted by molar-refractivity contribution is 4.94. The number of piperidine rings is 2. The molecular formula is C10H19NO. The average molecular weight is 169 g/mol. The molecule has 0 amide bonds. The van der Waals surface area contributed by atoms with Gasteiger partial charge in [0.2, 0.25) is 0 Å². The summed E-state index contributed by atoms with van der Waals surface area (Å²) in [6.45, 7) is 7.08. The van der Waals surface area contributed by atoms with Gasteiger partial charge in [-0.05, 0) is 24.2 Å². The summed E-state index contributed by atoms with van der Waals surface area (Å²) in [5, 5.41) is 0. The molecular weight excluding hydrogens is 150 g/mol. The molecule has 2 nitrogen and oxygen atoms in total. The van der Waals surface area contributed by atoms with E-state index in [4.69, 9.17) is 4.74 Å². The molecule has 0 aromatic heterocycles. The minimum absolute atomic E-state index is 0.897. The third kappa shape index (κ3) is 1.38. The molecule has 2 aliphatic heterocycles. The van der Waals surface area contributed by atoms with Crippen molar-refractivity contribution in [3.63, 3.8) is 0 Å². The molecule has 2 heterocycles. The number of fused-ring (bicyclic) bond motifs is 2. The van der Waals surface area contributed by atoms with Crippen LogP contribution in [-0.2, 0) is 4.74 Å². The van der Waals surface area contributed by atoms with E-state index in [-0.39, 0.29) is 0 Å². The van der Waals surface area contributed by atoms with Crippen molar-refractivity contribution in [3.05, 3.63) is 0 Å². The summed E-state index contributed by atoms with van der Waals surface area (Å²) in [6.07, 6.45) is 1.49. The molecule has 0 spiro atoms. The minimum Gasteiger partial charge on any atom is -0.383 e. The van der Waals surface area contributed by atoms with Gasteiger partial charge in [0.1, 0.15) is 0 Å². The van der Waals surface area contributed by atoms with Gasteiger partial charge in [-0.3, -0.25) is 0 Å². The molecule has 2 heteroatoms. The Labute approximate surface area is 74.9 Å². The normalized spacial score (nSPS) is 41.0. The molecule has 2 atom stereocenters. The van der Waals surface area contributed by atoms with Crippen LogP contribution in [0, 0.1) is 17.8 Å². The number of rotatable bonds is 3. The number of methoxy groups -OCH3 is 1. The van der Waals surface area contributed by atoms with E-state index in [1.165, 1.54) is 19.5 Å². The zero-order valence-electron chi connectivity index (χ0n) is 8.12. The van der Waals surface area contributed by atoms with Crippen LogP contribution in [0.5, 0.6) is 0 Å². The topological polar surface area (TPSA) is 12.5 Å². The van der Waals surface area contributed by atoms with E-state index in [0.717, 1.165) is 30.9 Å². The Morgan fingerprint density at radius 2 is 2.00 bits per heavy atom. The molecule has 0 radical (unpaired) electrons. The van der Waals surface area contributed by atoms with Gasteiger partial charge in [-0.25, -0.2) is 0 Å². The number of ether oxygens (including phenoxy) is 1. The Hall–Kier alpha value is -0.0800. The standard InChI is InChI=1S/C10H19NO/c1-8-9-5-10(8)7-11(6-9)3-4-12-2/h8-10H,3-7H2,1-2H3. The Kier molecular flexibility index (Phi) is 2.37. The number of hydrogen-bond acceptors (Lipinski definition) is 2. The van der Waals surface area contributed by atoms with E-state index in [0.29, 0.717) is 0 Å². The lowest BCUT2D eigenvalue weighted by Crippen LogP contribution is -2.54. The maximum atomic E-state index is 5.08. The van der Waals surface area contributed by atoms with Crippen LogP contribution in [-0.4, -0.2) is 38.3 Å². The summed E-state index contributed by atoms with van der Waals surface area (Å²) < 4.78 is 5.08. The molecule has 3 rings (SSSR count). The smallest absolute Gasteiger partial charge is 0.0589 e. The van der Waals surface area contributed by atoms with E-state index in [9.17, 15) is 0 Å². The highest BCUT2D eigenvalue weighted by Crippen LogP contribution is 2.44. The van der Waals surface area contributed by atoms with E-state index in [1.807, 2.05) is 0 Å². The highest BCUT2D eigenvalue weighted by Gasteiger charge is 2.43. The predicted molar refractivity (Wildman–Crippen MR) is 49.1 cm³/mol. The van der Waals surface area contributed by atoms with Crippen molar-refractivity contribution in [3.8, 4) is 0 Å². The first kappa shape index (κ1) is 8.52. The quantitative estimate of drug-likeness (QED) is 0.630. The molecule has 12 heavy (non-hydrogen) atoms. The fraction of sp³-hybridized carbons (Fsp3) is 1.00. The van der Waals surface area contributed by atoms with E-state index < -0.39 is 0 Å². The summed E-state index contributed by atoms with van der Waals surface area (Å²) in [5.74, 6) is 3.00. The van der Waals surface area contributed by atoms with Crippen molar-refractivity contribution in [2.24, 2.45) is 17.8 Å². The van der Waals surface area contributed by atoms with E-state index in [2.05, 4.69) is 11.8 Å². The molecule has 2 saturated heterocycles. The van der Waals surface area contributed by atoms with Crippen molar-refractivity contribution in [2.75, 3.05) is 33.4 Å². The Bertz CT molecular complexity index is 148. The van der Waals surface area contributed by atoms with Crippen LogP contribution in [0.25, 0.3) is 0 Å². The number of nitrogens with zero attached hydrogens (tertiary/aromatic N) is 1. The second kappa shape index (κ2) is 3.35. The molecule has 1 aliphatic carbocycles. The minimum atomic E-state index is 0.897. The Morgan fingerprint density at radius 1 is 1.33 bits per heavy atom. The summed E-state index contributed by atoms with van der Waals surface area (Å²) in [4.78, 5) is 2.56. The van der Waals surface area contributed by atoms with Crippen LogP contribution < -0.4 is 0 Å². The zero-order chi connectivity index (χ0) is 8.55. The van der Waals surface area contributed by atoms with Gasteiger partial charge in [0.15, 0.2) is 0 Å². The first-order valence-corrected chi connectivity index (χ1v) is 5.02. The third-order valence-electron chi connectivity index (χ3n) is 3.69. The van der Waals surface area contributed by atoms with E-state index in [1.54, 1.807) is 7.11 Å². The van der Waals surface area contributed by atoms with Crippen LogP contribution in [0.1, 0.15) is 13.3 Å². The van der Waals surface area contributed by atoms with Crippen molar-refractivity contribution >= 4 is 0 Å². The van der Waals surface area contributed by atoms with Gasteiger partial charge < -0.3 is 9.64 Å². The Morgan fingerprint density at radius 3 is 2.50 bits per heavy atom. The lowest BCUT2D eigenvalue weighted by atomic mass is 9.62. The van der Waals surface area contributed by atoms with Gasteiger partial charge in [-0.2, -0.15) is 0 Å². The molecule has 1 saturated carbocycles. The van der Waals surface area contributed by atoms with Gasteiger partial charge in [0.25, 0.3) is 0 Å². The largest absolute Gasteiger partial charge is 0.383 e. The average Bonchev–Trinajstić information content (AvgIpc) is 2.14. The lowest BCUT2D eigenvalue weighted by molar-refractivity contribution is -0.0398. The van der Waals surface area contributed by atoms with Crippen LogP contribution in [0.3, 0.4) is 0 Å². The highest BCUT2D eigenvalue weighted by atomic mass is 16.5. The molecule has 0 aromatic rings. The molecule has 3 fully saturated rings. The van der Waals surface area contributed by atoms with Crippen molar-refractivity contribution in [1.82, 2.24) is 4.90 Å². The van der Waals surface area contributed by atoms with Crippen LogP contribution >= 0.6 is 0 Å². The summed E-state index contributed by atoms with van der Waals surface area (Å²) >= 11 is 0. The first-order valence-electron chi connectivity index (χ1n) is 5.02. The second-order valence-electron chi connectivity index (χ2n) is 4.37. The van der Waals surface area contributed by atoms with Crippen LogP contribution in [0.2, 0.25) is 0 Å². The van der Waals surface area contributed by atoms with Crippen molar-refractivity contribution < 1.29 is 4.74 Å². The predicted octanol–water partition coefficient (Wildman–Crippen LogP) is 1.22. The van der Waals surface area contributed by atoms with Gasteiger partial charge >= 0.3 is 0 Å². The molecule has 3 aliphatic rings. The second-order valence-corrected chi connectivity index (χ2v) is 4.37. The van der Waals surface area contributed by atoms with Gasteiger partial charge in [0, 0.05) is 26.7 Å². The van der Waals surface area contributed by atoms with Gasteiger partial charge in [0.05, 0.1) is 6.61 Å². The summed E-state index contributed by atoms with van der Waals surface area (Å²) in [5.41, 5.74) is 0. The molecule has 70 valence electrons. The Balaban J connectivity index is 1.75. The van der Waals surface area contributed by atoms with Gasteiger partial charge in [-0.15, -0.1) is 0 Å². The van der Waals surface area contributed by atoms with Crippen LogP contribution in [0.15, 0.2) is 0 Å². The summed E-state index contributed by atoms with van der Waals surface area (Å²) in [6, 6.07) is 0. The monoisotopic (exact) mass is 169 g/mol. The third-order valence-corrected chi connectivity index (χ3v) is 3.69. The number of hydrogen-bond donors (Lipinski definition) is 0. The lowest BCUT2D eigenvalue weighted by Gasteiger charge is -2.52. The maximum absolute atomic E-state index is 5.08.